The van der Waals surface area contributed by atoms with Crippen molar-refractivity contribution in [2.24, 2.45) is 121 Å². The monoisotopic (exact) mass is 1110 g/mol. The summed E-state index contributed by atoms with van der Waals surface area (Å²) in [6.45, 7) is 67.3. The summed E-state index contributed by atoms with van der Waals surface area (Å²) >= 11 is 0. The van der Waals surface area contributed by atoms with Gasteiger partial charge in [0.15, 0.2) is 0 Å². The smallest absolute Gasteiger partial charge is 0.0244 e. The third-order valence-electron chi connectivity index (χ3n) is 27.7. The van der Waals surface area contributed by atoms with Crippen molar-refractivity contribution in [3.05, 3.63) is 0 Å². The molecule has 0 radical (unpaired) electrons. The Morgan fingerprint density at radius 3 is 1.03 bits per heavy atom. The number of hydrogen-bond acceptors (Lipinski definition) is 0. The van der Waals surface area contributed by atoms with E-state index < -0.39 is 0 Å². The zero-order valence-electron chi connectivity index (χ0n) is 60.8. The first-order chi connectivity index (χ1) is 36.7. The standard InChI is InChI=1S/C15H30.2C12H24.C11H22.2C10H20.C9H18/c1-7-15(12(4)5)10-13(6)8-9-14(15)11(2)3;1-5-12(10(2)3)8-6-11(4)7-9-12;1-5-12(10(2)3)9-7-6-8-11(12)4;1-4-11(10(2)3)8-6-5-7-9-11;1-8(2)10(4)6-5-9(3)7-10;1-8(2)10(4)7-5-6-9(10)3;1-8(2)9(3)6-4-5-7-9/h11-14H,7-10H2,1-6H3;2*10-11H,5-9H2,1-4H3;10H,4-9H2,1-3H3;2*8-9H,5-7H2,1-4H3;8H,4-7H2,1-3H3. The zero-order chi connectivity index (χ0) is 60.8. The quantitative estimate of drug-likeness (QED) is 0.183. The van der Waals surface area contributed by atoms with Crippen LogP contribution in [0.2, 0.25) is 0 Å². The maximum Gasteiger partial charge on any atom is -0.0244 e. The van der Waals surface area contributed by atoms with E-state index in [1.54, 1.807) is 0 Å². The van der Waals surface area contributed by atoms with Crippen molar-refractivity contribution in [3.8, 4) is 0 Å². The van der Waals surface area contributed by atoms with Crippen LogP contribution in [0.5, 0.6) is 0 Å². The first kappa shape index (κ1) is 77.0. The topological polar surface area (TPSA) is 0 Å². The molecule has 0 N–H and O–H groups in total. The first-order valence-corrected chi connectivity index (χ1v) is 36.7. The van der Waals surface area contributed by atoms with Gasteiger partial charge in [0, 0.05) is 0 Å². The highest BCUT2D eigenvalue weighted by Gasteiger charge is 2.45. The summed E-state index contributed by atoms with van der Waals surface area (Å²) < 4.78 is 0. The minimum absolute atomic E-state index is 0.631. The van der Waals surface area contributed by atoms with Crippen molar-refractivity contribution in [2.45, 2.75) is 386 Å². The molecule has 7 aliphatic carbocycles. The molecule has 0 saturated heterocycles. The van der Waals surface area contributed by atoms with Crippen LogP contribution in [-0.4, -0.2) is 0 Å². The minimum Gasteiger partial charge on any atom is -0.0648 e. The molecule has 0 heteroatoms. The van der Waals surface area contributed by atoms with Crippen LogP contribution in [0.3, 0.4) is 0 Å². The molecular weight excluding hydrogens is 949 g/mol. The summed E-state index contributed by atoms with van der Waals surface area (Å²) in [5.74, 6) is 12.8. The molecule has 7 aliphatic rings. The van der Waals surface area contributed by atoms with Gasteiger partial charge in [-0.2, -0.15) is 0 Å². The van der Waals surface area contributed by atoms with Gasteiger partial charge in [0.05, 0.1) is 0 Å². The Hall–Kier alpha value is 0. The number of rotatable bonds is 12. The molecule has 0 amide bonds. The van der Waals surface area contributed by atoms with E-state index in [4.69, 9.17) is 0 Å². The summed E-state index contributed by atoms with van der Waals surface area (Å²) in [4.78, 5) is 0. The van der Waals surface area contributed by atoms with Gasteiger partial charge in [-0.05, 0) is 211 Å². The first-order valence-electron chi connectivity index (χ1n) is 36.7. The van der Waals surface area contributed by atoms with Gasteiger partial charge in [-0.15, -0.1) is 0 Å². The van der Waals surface area contributed by atoms with Gasteiger partial charge >= 0.3 is 0 Å². The van der Waals surface area contributed by atoms with Gasteiger partial charge in [0.25, 0.3) is 0 Å². The van der Waals surface area contributed by atoms with Crippen LogP contribution in [0.15, 0.2) is 0 Å². The maximum atomic E-state index is 2.46. The van der Waals surface area contributed by atoms with Crippen molar-refractivity contribution in [1.82, 2.24) is 0 Å². The Kier molecular flexibility index (Phi) is 34.7. The summed E-state index contributed by atoms with van der Waals surface area (Å²) in [6, 6.07) is 0. The van der Waals surface area contributed by atoms with Gasteiger partial charge in [-0.1, -0.05) is 297 Å². The van der Waals surface area contributed by atoms with Crippen molar-refractivity contribution < 1.29 is 0 Å². The van der Waals surface area contributed by atoms with E-state index in [2.05, 4.69) is 194 Å². The van der Waals surface area contributed by atoms with Crippen LogP contribution in [-0.2, 0) is 0 Å². The van der Waals surface area contributed by atoms with Crippen molar-refractivity contribution in [1.29, 1.82) is 0 Å². The molecule has 0 aromatic rings. The van der Waals surface area contributed by atoms with Crippen LogP contribution in [0.25, 0.3) is 0 Å². The predicted octanol–water partition coefficient (Wildman–Crippen LogP) is 27.8. The third kappa shape index (κ3) is 22.0. The Morgan fingerprint density at radius 2 is 0.734 bits per heavy atom. The Labute approximate surface area is 504 Å². The molecule has 0 spiro atoms. The van der Waals surface area contributed by atoms with Crippen molar-refractivity contribution in [3.63, 3.8) is 0 Å². The zero-order valence-corrected chi connectivity index (χ0v) is 60.8. The molecule has 0 aromatic heterocycles. The van der Waals surface area contributed by atoms with E-state index >= 15 is 0 Å². The fourth-order valence-electron chi connectivity index (χ4n) is 18.7. The van der Waals surface area contributed by atoms with Crippen molar-refractivity contribution >= 4 is 0 Å². The maximum absolute atomic E-state index is 2.46. The molecular formula is C79H158. The van der Waals surface area contributed by atoms with Gasteiger partial charge in [-0.25, -0.2) is 0 Å². The van der Waals surface area contributed by atoms with Crippen LogP contribution in [0, 0.1) is 121 Å². The van der Waals surface area contributed by atoms with Crippen LogP contribution in [0.1, 0.15) is 386 Å². The third-order valence-corrected chi connectivity index (χ3v) is 27.7. The van der Waals surface area contributed by atoms with Gasteiger partial charge in [0.1, 0.15) is 0 Å². The van der Waals surface area contributed by atoms with Crippen molar-refractivity contribution in [2.75, 3.05) is 0 Å². The van der Waals surface area contributed by atoms with E-state index in [0.29, 0.717) is 32.5 Å². The molecule has 0 heterocycles. The summed E-state index contributed by atoms with van der Waals surface area (Å²) in [6.07, 6.45) is 43.6. The highest BCUT2D eigenvalue weighted by atomic mass is 14.5. The van der Waals surface area contributed by atoms with Crippen LogP contribution >= 0.6 is 0 Å². The molecule has 79 heavy (non-hydrogen) atoms. The lowest BCUT2D eigenvalue weighted by Crippen LogP contribution is -2.42. The molecule has 7 saturated carbocycles. The fraction of sp³-hybridized carbons (Fsp3) is 1.00. The highest BCUT2D eigenvalue weighted by molar-refractivity contribution is 4.95. The fourth-order valence-corrected chi connectivity index (χ4v) is 18.7. The average Bonchev–Trinajstić information content (AvgIpc) is 4.13. The second-order valence-electron chi connectivity index (χ2n) is 34.0. The minimum atomic E-state index is 0.631. The Balaban J connectivity index is 0.000000463. The van der Waals surface area contributed by atoms with Gasteiger partial charge in [-0.3, -0.25) is 0 Å². The second-order valence-corrected chi connectivity index (χ2v) is 34.0. The summed E-state index contributed by atoms with van der Waals surface area (Å²) in [5, 5.41) is 0. The molecule has 9 unspecified atom stereocenters. The average molecular weight is 1110 g/mol. The molecule has 474 valence electrons. The van der Waals surface area contributed by atoms with E-state index in [0.717, 1.165) is 88.3 Å². The van der Waals surface area contributed by atoms with E-state index in [1.807, 2.05) is 0 Å². The predicted molar refractivity (Wildman–Crippen MR) is 363 cm³/mol. The van der Waals surface area contributed by atoms with Crippen LogP contribution < -0.4 is 0 Å². The molecule has 0 nitrogen and oxygen atoms in total. The summed E-state index contributed by atoms with van der Waals surface area (Å²) in [7, 11) is 0. The normalized spacial score (nSPS) is 35.1. The molecule has 9 atom stereocenters. The van der Waals surface area contributed by atoms with E-state index in [-0.39, 0.29) is 0 Å². The Morgan fingerprint density at radius 1 is 0.304 bits per heavy atom. The lowest BCUT2D eigenvalue weighted by molar-refractivity contribution is -0.0136. The van der Waals surface area contributed by atoms with E-state index in [1.165, 1.54) is 193 Å². The molecule has 0 bridgehead atoms. The van der Waals surface area contributed by atoms with E-state index in [9.17, 15) is 0 Å². The van der Waals surface area contributed by atoms with Gasteiger partial charge in [0.2, 0.25) is 0 Å². The van der Waals surface area contributed by atoms with Gasteiger partial charge < -0.3 is 0 Å². The number of hydrogen-bond donors (Lipinski definition) is 0. The molecule has 0 aliphatic heterocycles. The lowest BCUT2D eigenvalue weighted by Gasteiger charge is -2.51. The van der Waals surface area contributed by atoms with Crippen LogP contribution in [0.4, 0.5) is 0 Å². The largest absolute Gasteiger partial charge is 0.0648 e. The highest BCUT2D eigenvalue weighted by Crippen LogP contribution is 2.55. The SMILES string of the molecule is CC(C)C1(C)CCCC1.CC(C)C1(C)CCCC1C.CC1CCC(C)(C(C)C)C1.CCC1(C(C)C)CC(C)CCC1C(C)C.CCC1(C(C)C)CCC(C)CC1.CCC1(C(C)C)CCCCC1.CCC1(C(C)C)CCCCC1C. The molecule has 7 fully saturated rings. The molecule has 0 aromatic carbocycles. The molecule has 7 rings (SSSR count). The lowest BCUT2D eigenvalue weighted by atomic mass is 9.54. The second kappa shape index (κ2) is 35.6. The Bertz CT molecular complexity index is 1520. The summed E-state index contributed by atoms with van der Waals surface area (Å²) in [5.41, 5.74) is 4.74.